The molecule has 1 atom stereocenters. The van der Waals surface area contributed by atoms with Crippen LogP contribution in [0.1, 0.15) is 30.9 Å². The van der Waals surface area contributed by atoms with E-state index in [1.807, 2.05) is 30.3 Å². The van der Waals surface area contributed by atoms with Gasteiger partial charge >= 0.3 is 0 Å². The van der Waals surface area contributed by atoms with Crippen molar-refractivity contribution in [2.75, 3.05) is 0 Å². The topological polar surface area (TPSA) is 20.2 Å². The van der Waals surface area contributed by atoms with Gasteiger partial charge in [0.25, 0.3) is 0 Å². The van der Waals surface area contributed by atoms with Crippen molar-refractivity contribution in [3.05, 3.63) is 35.9 Å². The SMILES string of the molecule is OC(CC#CC1CC1)c1ccccc1. The first kappa shape index (κ1) is 9.30. The van der Waals surface area contributed by atoms with Crippen molar-refractivity contribution in [2.24, 2.45) is 5.92 Å². The predicted molar refractivity (Wildman–Crippen MR) is 56.5 cm³/mol. The maximum absolute atomic E-state index is 9.75. The molecule has 1 aromatic rings. The average molecular weight is 186 g/mol. The van der Waals surface area contributed by atoms with Crippen LogP contribution in [0.25, 0.3) is 0 Å². The summed E-state index contributed by atoms with van der Waals surface area (Å²) >= 11 is 0. The molecule has 14 heavy (non-hydrogen) atoms. The van der Waals surface area contributed by atoms with Gasteiger partial charge in [0, 0.05) is 12.3 Å². The van der Waals surface area contributed by atoms with Gasteiger partial charge in [0.1, 0.15) is 0 Å². The van der Waals surface area contributed by atoms with Crippen LogP contribution in [-0.4, -0.2) is 5.11 Å². The standard InChI is InChI=1S/C13H14O/c14-13(8-4-5-11-9-10-11)12-6-2-1-3-7-12/h1-3,6-7,11,13-14H,8-10H2. The summed E-state index contributed by atoms with van der Waals surface area (Å²) in [6, 6.07) is 9.69. The van der Waals surface area contributed by atoms with Crippen molar-refractivity contribution in [2.45, 2.75) is 25.4 Å². The van der Waals surface area contributed by atoms with Gasteiger partial charge in [-0.3, -0.25) is 0 Å². The molecule has 0 saturated heterocycles. The normalized spacial score (nSPS) is 16.9. The van der Waals surface area contributed by atoms with E-state index in [0.29, 0.717) is 12.3 Å². The monoisotopic (exact) mass is 186 g/mol. The van der Waals surface area contributed by atoms with E-state index in [1.165, 1.54) is 12.8 Å². The fourth-order valence-electron chi connectivity index (χ4n) is 1.32. The molecule has 1 heteroatoms. The minimum absolute atomic E-state index is 0.428. The smallest absolute Gasteiger partial charge is 0.0899 e. The fraction of sp³-hybridized carbons (Fsp3) is 0.385. The highest BCUT2D eigenvalue weighted by Crippen LogP contribution is 2.27. The molecule has 2 rings (SSSR count). The number of hydrogen-bond donors (Lipinski definition) is 1. The van der Waals surface area contributed by atoms with Crippen LogP contribution in [0.5, 0.6) is 0 Å². The van der Waals surface area contributed by atoms with Crippen molar-refractivity contribution in [3.63, 3.8) is 0 Å². The Morgan fingerprint density at radius 3 is 2.64 bits per heavy atom. The zero-order valence-corrected chi connectivity index (χ0v) is 8.11. The van der Waals surface area contributed by atoms with Crippen molar-refractivity contribution in [3.8, 4) is 11.8 Å². The molecule has 0 bridgehead atoms. The van der Waals surface area contributed by atoms with E-state index in [4.69, 9.17) is 0 Å². The maximum Gasteiger partial charge on any atom is 0.0899 e. The van der Waals surface area contributed by atoms with E-state index in [-0.39, 0.29) is 0 Å². The minimum Gasteiger partial charge on any atom is -0.387 e. The Labute approximate surface area is 84.8 Å². The summed E-state index contributed by atoms with van der Waals surface area (Å²) in [6.07, 6.45) is 2.62. The third kappa shape index (κ3) is 2.61. The Balaban J connectivity index is 1.89. The molecule has 1 N–H and O–H groups in total. The number of benzene rings is 1. The number of aliphatic hydroxyl groups excluding tert-OH is 1. The Morgan fingerprint density at radius 2 is 2.00 bits per heavy atom. The van der Waals surface area contributed by atoms with E-state index in [0.717, 1.165) is 5.56 Å². The summed E-state index contributed by atoms with van der Waals surface area (Å²) in [5, 5.41) is 9.75. The molecule has 1 saturated carbocycles. The van der Waals surface area contributed by atoms with Gasteiger partial charge in [0.2, 0.25) is 0 Å². The lowest BCUT2D eigenvalue weighted by atomic mass is 10.1. The van der Waals surface area contributed by atoms with Crippen molar-refractivity contribution < 1.29 is 5.11 Å². The van der Waals surface area contributed by atoms with Crippen molar-refractivity contribution in [1.29, 1.82) is 0 Å². The Kier molecular flexibility index (Phi) is 2.86. The molecule has 1 aromatic carbocycles. The van der Waals surface area contributed by atoms with Gasteiger partial charge in [0.05, 0.1) is 6.10 Å². The first-order chi connectivity index (χ1) is 6.86. The van der Waals surface area contributed by atoms with E-state index >= 15 is 0 Å². The zero-order chi connectivity index (χ0) is 9.80. The molecule has 1 aliphatic carbocycles. The molecule has 72 valence electrons. The van der Waals surface area contributed by atoms with Crippen molar-refractivity contribution in [1.82, 2.24) is 0 Å². The summed E-state index contributed by atoms with van der Waals surface area (Å²) in [6.45, 7) is 0. The van der Waals surface area contributed by atoms with Gasteiger partial charge in [0.15, 0.2) is 0 Å². The van der Waals surface area contributed by atoms with Crippen LogP contribution in [0.2, 0.25) is 0 Å². The van der Waals surface area contributed by atoms with E-state index in [9.17, 15) is 5.11 Å². The maximum atomic E-state index is 9.75. The van der Waals surface area contributed by atoms with Gasteiger partial charge in [-0.15, -0.1) is 0 Å². The van der Waals surface area contributed by atoms with Crippen LogP contribution >= 0.6 is 0 Å². The van der Waals surface area contributed by atoms with Crippen LogP contribution in [0.15, 0.2) is 30.3 Å². The molecule has 1 nitrogen and oxygen atoms in total. The van der Waals surface area contributed by atoms with Crippen LogP contribution in [-0.2, 0) is 0 Å². The highest BCUT2D eigenvalue weighted by molar-refractivity contribution is 5.19. The molecule has 0 amide bonds. The summed E-state index contributed by atoms with van der Waals surface area (Å²) in [5.74, 6) is 6.82. The molecule has 0 aliphatic heterocycles. The van der Waals surface area contributed by atoms with Crippen LogP contribution in [0, 0.1) is 17.8 Å². The third-order valence-corrected chi connectivity index (χ3v) is 2.36. The van der Waals surface area contributed by atoms with Gasteiger partial charge in [-0.05, 0) is 18.4 Å². The molecule has 1 fully saturated rings. The molecule has 0 heterocycles. The Morgan fingerprint density at radius 1 is 1.29 bits per heavy atom. The highest BCUT2D eigenvalue weighted by Gasteiger charge is 2.17. The van der Waals surface area contributed by atoms with E-state index in [1.54, 1.807) is 0 Å². The number of hydrogen-bond acceptors (Lipinski definition) is 1. The van der Waals surface area contributed by atoms with Gasteiger partial charge in [-0.2, -0.15) is 0 Å². The lowest BCUT2D eigenvalue weighted by Crippen LogP contribution is -1.94. The van der Waals surface area contributed by atoms with Crippen LogP contribution in [0.4, 0.5) is 0 Å². The first-order valence-corrected chi connectivity index (χ1v) is 5.07. The van der Waals surface area contributed by atoms with Crippen molar-refractivity contribution >= 4 is 0 Å². The second-order valence-electron chi connectivity index (χ2n) is 3.73. The largest absolute Gasteiger partial charge is 0.387 e. The molecule has 1 aliphatic rings. The lowest BCUT2D eigenvalue weighted by molar-refractivity contribution is 0.184. The molecule has 1 unspecified atom stereocenters. The van der Waals surface area contributed by atoms with E-state index < -0.39 is 6.10 Å². The van der Waals surface area contributed by atoms with Gasteiger partial charge < -0.3 is 5.11 Å². The second kappa shape index (κ2) is 4.30. The average Bonchev–Trinajstić information content (AvgIpc) is 3.03. The molecular formula is C13H14O. The highest BCUT2D eigenvalue weighted by atomic mass is 16.3. The summed E-state index contributed by atoms with van der Waals surface area (Å²) in [7, 11) is 0. The summed E-state index contributed by atoms with van der Waals surface area (Å²) in [4.78, 5) is 0. The second-order valence-corrected chi connectivity index (χ2v) is 3.73. The van der Waals surface area contributed by atoms with E-state index in [2.05, 4.69) is 11.8 Å². The molecule has 0 spiro atoms. The quantitative estimate of drug-likeness (QED) is 0.704. The number of aliphatic hydroxyl groups is 1. The summed E-state index contributed by atoms with van der Waals surface area (Å²) < 4.78 is 0. The predicted octanol–water partition coefficient (Wildman–Crippen LogP) is 2.52. The molecule has 0 radical (unpaired) electrons. The Bertz CT molecular complexity index is 340. The fourth-order valence-corrected chi connectivity index (χ4v) is 1.32. The minimum atomic E-state index is -0.428. The van der Waals surface area contributed by atoms with Crippen LogP contribution in [0.3, 0.4) is 0 Å². The van der Waals surface area contributed by atoms with Gasteiger partial charge in [-0.25, -0.2) is 0 Å². The Hall–Kier alpha value is -1.26. The summed E-state index contributed by atoms with van der Waals surface area (Å²) in [5.41, 5.74) is 0.956. The zero-order valence-electron chi connectivity index (χ0n) is 8.11. The third-order valence-electron chi connectivity index (χ3n) is 2.36. The molecule has 0 aromatic heterocycles. The lowest BCUT2D eigenvalue weighted by Gasteiger charge is -2.05. The molecular weight excluding hydrogens is 172 g/mol. The number of rotatable bonds is 2. The van der Waals surface area contributed by atoms with Crippen LogP contribution < -0.4 is 0 Å². The van der Waals surface area contributed by atoms with Gasteiger partial charge in [-0.1, -0.05) is 42.2 Å². The first-order valence-electron chi connectivity index (χ1n) is 5.07.